The Balaban J connectivity index is 1.71. The molecule has 3 heterocycles. The predicted octanol–water partition coefficient (Wildman–Crippen LogP) is 1.88. The van der Waals surface area contributed by atoms with Gasteiger partial charge in [-0.05, 0) is 32.9 Å². The highest BCUT2D eigenvalue weighted by molar-refractivity contribution is 5.82. The zero-order valence-electron chi connectivity index (χ0n) is 16.4. The molecule has 2 aromatic rings. The minimum atomic E-state index is -0.622. The molecule has 150 valence electrons. The zero-order valence-corrected chi connectivity index (χ0v) is 16.4. The lowest BCUT2D eigenvalue weighted by molar-refractivity contribution is -0.167. The number of hydrogen-bond donors (Lipinski definition) is 0. The van der Waals surface area contributed by atoms with Crippen LogP contribution in [0.4, 0.5) is 0 Å². The highest BCUT2D eigenvalue weighted by atomic mass is 16.6. The molecular formula is C19H24N4O5. The number of aldehydes is 1. The van der Waals surface area contributed by atoms with E-state index in [1.54, 1.807) is 33.0 Å². The van der Waals surface area contributed by atoms with Crippen molar-refractivity contribution >= 4 is 12.3 Å². The number of pyridine rings is 1. The van der Waals surface area contributed by atoms with Gasteiger partial charge in [0.2, 0.25) is 0 Å². The lowest BCUT2D eigenvalue weighted by atomic mass is 10.1. The van der Waals surface area contributed by atoms with Gasteiger partial charge in [-0.1, -0.05) is 5.21 Å². The van der Waals surface area contributed by atoms with Crippen molar-refractivity contribution in [3.8, 4) is 17.1 Å². The molecule has 2 aromatic heterocycles. The smallest absolute Gasteiger partial charge is 0.335 e. The van der Waals surface area contributed by atoms with Gasteiger partial charge in [0.1, 0.15) is 23.2 Å². The maximum atomic E-state index is 12.1. The van der Waals surface area contributed by atoms with Crippen LogP contribution in [0.1, 0.15) is 42.9 Å². The van der Waals surface area contributed by atoms with Crippen LogP contribution in [0.25, 0.3) is 11.4 Å². The fourth-order valence-electron chi connectivity index (χ4n) is 3.01. The second kappa shape index (κ2) is 8.47. The number of carbonyl (C=O) groups is 2. The van der Waals surface area contributed by atoms with Gasteiger partial charge in [-0.2, -0.15) is 0 Å². The minimum Gasteiger partial charge on any atom is -0.488 e. The third-order valence-electron chi connectivity index (χ3n) is 4.41. The molecule has 0 aliphatic carbocycles. The van der Waals surface area contributed by atoms with Gasteiger partial charge in [-0.3, -0.25) is 4.79 Å². The summed E-state index contributed by atoms with van der Waals surface area (Å²) in [7, 11) is 1.65. The fraction of sp³-hybridized carbons (Fsp3) is 0.526. The third-order valence-corrected chi connectivity index (χ3v) is 4.41. The second-order valence-electron chi connectivity index (χ2n) is 6.95. The highest BCUT2D eigenvalue weighted by Gasteiger charge is 2.31. The molecule has 1 aliphatic rings. The summed E-state index contributed by atoms with van der Waals surface area (Å²) in [5.74, 6) is 0.251. The summed E-state index contributed by atoms with van der Waals surface area (Å²) in [5.41, 5.74) is 1.99. The summed E-state index contributed by atoms with van der Waals surface area (Å²) in [5, 5.41) is 7.87. The highest BCUT2D eigenvalue weighted by Crippen LogP contribution is 2.27. The maximum Gasteiger partial charge on any atom is 0.335 e. The Labute approximate surface area is 163 Å². The van der Waals surface area contributed by atoms with Crippen molar-refractivity contribution < 1.29 is 23.8 Å². The van der Waals surface area contributed by atoms with Crippen LogP contribution < -0.4 is 4.74 Å². The first-order chi connectivity index (χ1) is 13.4. The van der Waals surface area contributed by atoms with Crippen molar-refractivity contribution in [3.05, 3.63) is 23.5 Å². The lowest BCUT2D eigenvalue weighted by Gasteiger charge is -2.29. The molecular weight excluding hydrogens is 364 g/mol. The van der Waals surface area contributed by atoms with E-state index in [0.29, 0.717) is 54.3 Å². The van der Waals surface area contributed by atoms with E-state index < -0.39 is 6.10 Å². The Morgan fingerprint density at radius 2 is 2.18 bits per heavy atom. The third kappa shape index (κ3) is 4.36. The van der Waals surface area contributed by atoms with Crippen LogP contribution in [0.5, 0.6) is 5.75 Å². The maximum absolute atomic E-state index is 12.1. The van der Waals surface area contributed by atoms with E-state index in [9.17, 15) is 9.59 Å². The van der Waals surface area contributed by atoms with E-state index in [4.69, 9.17) is 14.2 Å². The molecule has 0 radical (unpaired) electrons. The van der Waals surface area contributed by atoms with Crippen molar-refractivity contribution in [2.75, 3.05) is 6.61 Å². The molecule has 0 bridgehead atoms. The quantitative estimate of drug-likeness (QED) is 0.545. The van der Waals surface area contributed by atoms with E-state index in [0.717, 1.165) is 0 Å². The molecule has 0 saturated carbocycles. The van der Waals surface area contributed by atoms with Crippen LogP contribution in [0, 0.1) is 6.92 Å². The summed E-state index contributed by atoms with van der Waals surface area (Å²) >= 11 is 0. The fourth-order valence-corrected chi connectivity index (χ4v) is 3.01. The van der Waals surface area contributed by atoms with Gasteiger partial charge in [-0.25, -0.2) is 14.5 Å². The lowest BCUT2D eigenvalue weighted by Crippen LogP contribution is -2.39. The summed E-state index contributed by atoms with van der Waals surface area (Å²) < 4.78 is 18.2. The molecule has 0 spiro atoms. The molecule has 9 nitrogen and oxygen atoms in total. The van der Waals surface area contributed by atoms with Crippen LogP contribution in [-0.4, -0.2) is 57.2 Å². The van der Waals surface area contributed by atoms with Gasteiger partial charge < -0.3 is 14.2 Å². The molecule has 1 fully saturated rings. The van der Waals surface area contributed by atoms with Crippen LogP contribution in [0.3, 0.4) is 0 Å². The summed E-state index contributed by atoms with van der Waals surface area (Å²) in [6.45, 7) is 5.85. The van der Waals surface area contributed by atoms with Gasteiger partial charge >= 0.3 is 5.97 Å². The number of esters is 1. The van der Waals surface area contributed by atoms with E-state index in [1.165, 1.54) is 4.68 Å². The van der Waals surface area contributed by atoms with E-state index >= 15 is 0 Å². The van der Waals surface area contributed by atoms with Crippen molar-refractivity contribution in [2.45, 2.75) is 51.9 Å². The summed E-state index contributed by atoms with van der Waals surface area (Å²) in [4.78, 5) is 27.8. The Bertz CT molecular complexity index is 864. The molecule has 0 amide bonds. The van der Waals surface area contributed by atoms with Crippen molar-refractivity contribution in [1.29, 1.82) is 0 Å². The first kappa shape index (κ1) is 19.9. The zero-order chi connectivity index (χ0) is 20.3. The minimum absolute atomic E-state index is 0.174. The van der Waals surface area contributed by atoms with Gasteiger partial charge in [0.15, 0.2) is 12.4 Å². The molecule has 0 unspecified atom stereocenters. The number of ether oxygens (including phenoxy) is 3. The molecule has 0 aromatic carbocycles. The molecule has 1 saturated heterocycles. The number of hydrogen-bond acceptors (Lipinski definition) is 8. The largest absolute Gasteiger partial charge is 0.488 e. The van der Waals surface area contributed by atoms with Crippen molar-refractivity contribution in [2.24, 2.45) is 7.05 Å². The number of carbonyl (C=O) groups excluding carboxylic acids is 2. The van der Waals surface area contributed by atoms with Crippen molar-refractivity contribution in [3.63, 3.8) is 0 Å². The normalized spacial score (nSPS) is 19.5. The van der Waals surface area contributed by atoms with Crippen LogP contribution in [0.2, 0.25) is 0 Å². The van der Waals surface area contributed by atoms with Crippen molar-refractivity contribution in [1.82, 2.24) is 20.0 Å². The van der Waals surface area contributed by atoms with E-state index in [-0.39, 0.29) is 18.2 Å². The molecule has 28 heavy (non-hydrogen) atoms. The topological polar surface area (TPSA) is 105 Å². The first-order valence-corrected chi connectivity index (χ1v) is 9.20. The SMILES string of the molecule is Cc1nc(-c2nnn(C)c2C=O)ccc1O[C@H]1CCO[C@H](C(=O)OC(C)C)C1. The van der Waals surface area contributed by atoms with E-state index in [2.05, 4.69) is 15.3 Å². The average Bonchev–Trinajstić information content (AvgIpc) is 3.03. The standard InChI is InChI=1S/C19H24N4O5/c1-11(2)27-19(25)17-9-13(7-8-26-17)28-16-6-5-14(20-12(16)3)18-15(10-24)23(4)22-21-18/h5-6,10-11,13,17H,7-9H2,1-4H3/t13-,17-/m0/s1. The number of aryl methyl sites for hydroxylation is 2. The Kier molecular flexibility index (Phi) is 6.03. The molecule has 3 rings (SSSR count). The number of nitrogens with zero attached hydrogens (tertiary/aromatic N) is 4. The van der Waals surface area contributed by atoms with Gasteiger partial charge in [0, 0.05) is 19.9 Å². The summed E-state index contributed by atoms with van der Waals surface area (Å²) in [6, 6.07) is 3.53. The molecule has 1 aliphatic heterocycles. The second-order valence-corrected chi connectivity index (χ2v) is 6.95. The Hall–Kier alpha value is -2.81. The number of rotatable bonds is 6. The molecule has 9 heteroatoms. The van der Waals surface area contributed by atoms with Gasteiger partial charge in [0.05, 0.1) is 24.1 Å². The average molecular weight is 388 g/mol. The van der Waals surface area contributed by atoms with Crippen LogP contribution in [0.15, 0.2) is 12.1 Å². The first-order valence-electron chi connectivity index (χ1n) is 9.20. The van der Waals surface area contributed by atoms with Gasteiger partial charge in [0.25, 0.3) is 0 Å². The molecule has 0 N–H and O–H groups in total. The number of aromatic nitrogens is 4. The summed E-state index contributed by atoms with van der Waals surface area (Å²) in [6.07, 6.45) is 0.817. The Morgan fingerprint density at radius 1 is 1.39 bits per heavy atom. The molecule has 2 atom stereocenters. The monoisotopic (exact) mass is 388 g/mol. The predicted molar refractivity (Wildman–Crippen MR) is 99.0 cm³/mol. The van der Waals surface area contributed by atoms with Crippen LogP contribution >= 0.6 is 0 Å². The Morgan fingerprint density at radius 3 is 2.86 bits per heavy atom. The van der Waals surface area contributed by atoms with Gasteiger partial charge in [-0.15, -0.1) is 5.10 Å². The van der Waals surface area contributed by atoms with Crippen LogP contribution in [-0.2, 0) is 21.3 Å². The van der Waals surface area contributed by atoms with E-state index in [1.807, 2.05) is 6.92 Å².